The van der Waals surface area contributed by atoms with Gasteiger partial charge in [-0.25, -0.2) is 17.6 Å². The number of halogens is 4. The summed E-state index contributed by atoms with van der Waals surface area (Å²) < 4.78 is 52.2. The molecule has 0 bridgehead atoms. The summed E-state index contributed by atoms with van der Waals surface area (Å²) in [4.78, 5) is 0. The monoisotopic (exact) mass is 338 g/mol. The molecule has 0 radical (unpaired) electrons. The van der Waals surface area contributed by atoms with Gasteiger partial charge in [-0.15, -0.1) is 0 Å². The third kappa shape index (κ3) is 4.59. The van der Waals surface area contributed by atoms with E-state index in [-0.39, 0.29) is 5.56 Å². The summed E-state index contributed by atoms with van der Waals surface area (Å²) in [5.74, 6) is -5.33. The highest BCUT2D eigenvalue weighted by Crippen LogP contribution is 2.28. The molecule has 0 unspecified atom stereocenters. The standard InChI is InChI=1S/C13H8F4.C7H14/c1-7-2-4-8(5-3-7)9-6-10(14)12(16)13(17)11(9)15;1-7-5-3-2-4-6-7/h2-6H,1H3;7H,2-6H2,1H3. The van der Waals surface area contributed by atoms with Gasteiger partial charge in [0.1, 0.15) is 0 Å². The highest BCUT2D eigenvalue weighted by molar-refractivity contribution is 5.64. The molecule has 1 fully saturated rings. The maximum atomic E-state index is 13.4. The molecule has 1 aliphatic carbocycles. The van der Waals surface area contributed by atoms with Crippen molar-refractivity contribution in [1.29, 1.82) is 0 Å². The Hall–Kier alpha value is -1.84. The quantitative estimate of drug-likeness (QED) is 0.304. The van der Waals surface area contributed by atoms with Crippen molar-refractivity contribution in [2.45, 2.75) is 46.0 Å². The van der Waals surface area contributed by atoms with Gasteiger partial charge in [-0.3, -0.25) is 0 Å². The van der Waals surface area contributed by atoms with Gasteiger partial charge >= 0.3 is 0 Å². The van der Waals surface area contributed by atoms with Gasteiger partial charge in [0.05, 0.1) is 0 Å². The average Bonchev–Trinajstić information content (AvgIpc) is 2.58. The van der Waals surface area contributed by atoms with Gasteiger partial charge in [-0.2, -0.15) is 0 Å². The molecule has 0 nitrogen and oxygen atoms in total. The highest BCUT2D eigenvalue weighted by Gasteiger charge is 2.19. The first-order valence-electron chi connectivity index (χ1n) is 8.30. The van der Waals surface area contributed by atoms with E-state index < -0.39 is 23.3 Å². The van der Waals surface area contributed by atoms with Crippen LogP contribution in [0, 0.1) is 36.1 Å². The lowest BCUT2D eigenvalue weighted by Gasteiger charge is -2.15. The molecule has 1 aliphatic rings. The van der Waals surface area contributed by atoms with E-state index in [1.165, 1.54) is 44.2 Å². The Bertz CT molecular complexity index is 671. The van der Waals surface area contributed by atoms with E-state index in [2.05, 4.69) is 6.92 Å². The Morgan fingerprint density at radius 3 is 1.88 bits per heavy atom. The first-order chi connectivity index (χ1) is 11.4. The molecule has 0 aromatic heterocycles. The first-order valence-corrected chi connectivity index (χ1v) is 8.30. The third-order valence-corrected chi connectivity index (χ3v) is 4.36. The minimum Gasteiger partial charge on any atom is -0.204 e. The van der Waals surface area contributed by atoms with Gasteiger partial charge < -0.3 is 0 Å². The number of hydrogen-bond donors (Lipinski definition) is 0. The van der Waals surface area contributed by atoms with Crippen molar-refractivity contribution in [3.05, 3.63) is 59.2 Å². The normalized spacial score (nSPS) is 14.9. The number of aryl methyl sites for hydroxylation is 1. The first kappa shape index (κ1) is 18.5. The second-order valence-electron chi connectivity index (χ2n) is 6.46. The molecule has 0 atom stereocenters. The summed E-state index contributed by atoms with van der Waals surface area (Å²) in [6.45, 7) is 4.19. The molecule has 0 N–H and O–H groups in total. The van der Waals surface area contributed by atoms with Crippen molar-refractivity contribution in [2.75, 3.05) is 0 Å². The Morgan fingerprint density at radius 2 is 1.38 bits per heavy atom. The zero-order valence-corrected chi connectivity index (χ0v) is 14.0. The summed E-state index contributed by atoms with van der Waals surface area (Å²) in [6.07, 6.45) is 7.44. The zero-order valence-electron chi connectivity index (χ0n) is 14.0. The van der Waals surface area contributed by atoms with Gasteiger partial charge in [0.2, 0.25) is 0 Å². The maximum Gasteiger partial charge on any atom is 0.198 e. The van der Waals surface area contributed by atoms with Crippen LogP contribution in [0.15, 0.2) is 30.3 Å². The van der Waals surface area contributed by atoms with Crippen LogP contribution in [-0.4, -0.2) is 0 Å². The summed E-state index contributed by atoms with van der Waals surface area (Å²) in [7, 11) is 0. The SMILES string of the molecule is CC1CCCCC1.Cc1ccc(-c2cc(F)c(F)c(F)c2F)cc1. The van der Waals surface area contributed by atoms with Crippen LogP contribution in [0.25, 0.3) is 11.1 Å². The molecule has 0 spiro atoms. The lowest BCUT2D eigenvalue weighted by atomic mass is 9.91. The molecule has 2 aromatic carbocycles. The largest absolute Gasteiger partial charge is 0.204 e. The van der Waals surface area contributed by atoms with E-state index in [0.29, 0.717) is 11.6 Å². The molecule has 24 heavy (non-hydrogen) atoms. The molecule has 0 amide bonds. The van der Waals surface area contributed by atoms with Crippen molar-refractivity contribution in [3.63, 3.8) is 0 Å². The van der Waals surface area contributed by atoms with Crippen LogP contribution in [0.4, 0.5) is 17.6 Å². The summed E-state index contributed by atoms with van der Waals surface area (Å²) in [5, 5.41) is 0. The molecule has 0 heterocycles. The van der Waals surface area contributed by atoms with Crippen molar-refractivity contribution < 1.29 is 17.6 Å². The number of hydrogen-bond acceptors (Lipinski definition) is 0. The molecule has 2 aromatic rings. The van der Waals surface area contributed by atoms with E-state index in [9.17, 15) is 17.6 Å². The fraction of sp³-hybridized carbons (Fsp3) is 0.400. The van der Waals surface area contributed by atoms with Gasteiger partial charge in [0, 0.05) is 5.56 Å². The van der Waals surface area contributed by atoms with Crippen molar-refractivity contribution >= 4 is 0 Å². The smallest absolute Gasteiger partial charge is 0.198 e. The van der Waals surface area contributed by atoms with E-state index in [1.807, 2.05) is 6.92 Å². The Balaban J connectivity index is 0.000000249. The van der Waals surface area contributed by atoms with E-state index in [0.717, 1.165) is 11.5 Å². The van der Waals surface area contributed by atoms with Gasteiger partial charge in [0.25, 0.3) is 0 Å². The van der Waals surface area contributed by atoms with Crippen LogP contribution in [0.1, 0.15) is 44.6 Å². The van der Waals surface area contributed by atoms with E-state index >= 15 is 0 Å². The summed E-state index contributed by atoms with van der Waals surface area (Å²) in [5.41, 5.74) is 0.935. The van der Waals surface area contributed by atoms with E-state index in [4.69, 9.17) is 0 Å². The molecular weight excluding hydrogens is 316 g/mol. The minimum atomic E-state index is -1.79. The van der Waals surface area contributed by atoms with Gasteiger partial charge in [-0.05, 0) is 24.5 Å². The Labute approximate surface area is 140 Å². The molecule has 3 rings (SSSR count). The van der Waals surface area contributed by atoms with Crippen LogP contribution >= 0.6 is 0 Å². The minimum absolute atomic E-state index is 0.290. The molecule has 4 heteroatoms. The predicted molar refractivity (Wildman–Crippen MR) is 88.7 cm³/mol. The number of rotatable bonds is 1. The predicted octanol–water partition coefficient (Wildman–Crippen LogP) is 6.81. The van der Waals surface area contributed by atoms with Crippen LogP contribution in [0.3, 0.4) is 0 Å². The van der Waals surface area contributed by atoms with Crippen LogP contribution < -0.4 is 0 Å². The van der Waals surface area contributed by atoms with E-state index in [1.54, 1.807) is 12.1 Å². The summed E-state index contributed by atoms with van der Waals surface area (Å²) >= 11 is 0. The maximum absolute atomic E-state index is 13.4. The zero-order chi connectivity index (χ0) is 17.7. The third-order valence-electron chi connectivity index (χ3n) is 4.36. The second-order valence-corrected chi connectivity index (χ2v) is 6.46. The van der Waals surface area contributed by atoms with Crippen molar-refractivity contribution in [3.8, 4) is 11.1 Å². The fourth-order valence-corrected chi connectivity index (χ4v) is 2.82. The second kappa shape index (κ2) is 8.32. The van der Waals surface area contributed by atoms with Crippen LogP contribution in [0.5, 0.6) is 0 Å². The highest BCUT2D eigenvalue weighted by atomic mass is 19.2. The fourth-order valence-electron chi connectivity index (χ4n) is 2.82. The summed E-state index contributed by atoms with van der Waals surface area (Å²) in [6, 6.07) is 7.04. The molecular formula is C20H22F4. The molecule has 0 aliphatic heterocycles. The van der Waals surface area contributed by atoms with Gasteiger partial charge in [-0.1, -0.05) is 68.9 Å². The Morgan fingerprint density at radius 1 is 0.792 bits per heavy atom. The average molecular weight is 338 g/mol. The Kier molecular flexibility index (Phi) is 6.41. The van der Waals surface area contributed by atoms with Crippen molar-refractivity contribution in [2.24, 2.45) is 5.92 Å². The lowest BCUT2D eigenvalue weighted by molar-refractivity contribution is 0.385. The van der Waals surface area contributed by atoms with Crippen molar-refractivity contribution in [1.82, 2.24) is 0 Å². The topological polar surface area (TPSA) is 0 Å². The van der Waals surface area contributed by atoms with Crippen LogP contribution in [-0.2, 0) is 0 Å². The molecule has 1 saturated carbocycles. The molecule has 130 valence electrons. The van der Waals surface area contributed by atoms with Crippen LogP contribution in [0.2, 0.25) is 0 Å². The lowest BCUT2D eigenvalue weighted by Crippen LogP contribution is -1.99. The number of benzene rings is 2. The molecule has 0 saturated heterocycles. The van der Waals surface area contributed by atoms with Gasteiger partial charge in [0.15, 0.2) is 23.3 Å².